The highest BCUT2D eigenvalue weighted by atomic mass is 32.1. The van der Waals surface area contributed by atoms with Crippen LogP contribution in [0.4, 0.5) is 34.1 Å². The average Bonchev–Trinajstić information content (AvgIpc) is 3.99. The van der Waals surface area contributed by atoms with Gasteiger partial charge in [0.1, 0.15) is 0 Å². The highest BCUT2D eigenvalue weighted by molar-refractivity contribution is 7.33. The van der Waals surface area contributed by atoms with Gasteiger partial charge in [-0.25, -0.2) is 0 Å². The molecule has 3 heterocycles. The zero-order chi connectivity index (χ0) is 45.6. The zero-order valence-corrected chi connectivity index (χ0v) is 39.8. The first-order valence-electron chi connectivity index (χ1n) is 24.3. The van der Waals surface area contributed by atoms with Gasteiger partial charge in [0, 0.05) is 43.3 Å². The lowest BCUT2D eigenvalue weighted by atomic mass is 9.36. The average molecular weight is 889 g/mol. The summed E-state index contributed by atoms with van der Waals surface area (Å²) in [5, 5.41) is 1.31. The molecular formula is C64H49BN2S. The van der Waals surface area contributed by atoms with Crippen molar-refractivity contribution in [1.82, 2.24) is 0 Å². The minimum absolute atomic E-state index is 0.0215. The van der Waals surface area contributed by atoms with Gasteiger partial charge in [-0.05, 0) is 151 Å². The number of nitrogens with zero attached hydrogens (tertiary/aromatic N) is 2. The van der Waals surface area contributed by atoms with E-state index < -0.39 is 5.41 Å². The van der Waals surface area contributed by atoms with Crippen molar-refractivity contribution in [2.75, 3.05) is 9.80 Å². The third kappa shape index (κ3) is 5.24. The standard InChI is InChI=1S/C64H49BN2S/c1-38(2)44-22-15-23-45(39(3)4)60(44)41-31-34-55-58(35-41)66(42-17-7-6-8-18-42)56-27-16-28-57-61(56)65(55)63-62(67(57)43-32-29-40(5)30-33-43)50-36-49-48-21-11-14-26-53(48)64(54(49)37-59(50)68-63)51-24-12-9-19-46(51)47-20-10-13-25-52(47)64/h6-39H,1-5H3. The molecule has 2 nitrogen and oxygen atoms in total. The molecule has 0 amide bonds. The molecule has 0 N–H and O–H groups in total. The zero-order valence-electron chi connectivity index (χ0n) is 39.0. The van der Waals surface area contributed by atoms with Gasteiger partial charge in [-0.2, -0.15) is 0 Å². The van der Waals surface area contributed by atoms with Crippen molar-refractivity contribution in [3.05, 3.63) is 233 Å². The van der Waals surface area contributed by atoms with Crippen molar-refractivity contribution in [1.29, 1.82) is 0 Å². The van der Waals surface area contributed by atoms with Gasteiger partial charge in [-0.15, -0.1) is 11.3 Å². The van der Waals surface area contributed by atoms with Crippen LogP contribution in [0.5, 0.6) is 0 Å². The fourth-order valence-electron chi connectivity index (χ4n) is 12.9. The Morgan fingerprint density at radius 2 is 1.03 bits per heavy atom. The van der Waals surface area contributed by atoms with Crippen molar-refractivity contribution >= 4 is 78.0 Å². The van der Waals surface area contributed by atoms with E-state index >= 15 is 0 Å². The SMILES string of the molecule is Cc1ccc(N2c3cccc4c3B(c3ccc(-c5c(C(C)C)cccc5C(C)C)cc3N4c3ccccc3)c3sc4cc5c(cc4c32)-c2ccccc2C52c3ccccc3-c3ccccc32)cc1. The molecule has 0 saturated heterocycles. The fourth-order valence-corrected chi connectivity index (χ4v) is 14.2. The molecule has 2 aliphatic heterocycles. The molecule has 324 valence electrons. The van der Waals surface area contributed by atoms with E-state index in [9.17, 15) is 0 Å². The second-order valence-electron chi connectivity index (χ2n) is 20.0. The fraction of sp³-hybridized carbons (Fsp3) is 0.125. The van der Waals surface area contributed by atoms with Crippen LogP contribution in [0.25, 0.3) is 43.5 Å². The Morgan fingerprint density at radius 1 is 0.471 bits per heavy atom. The lowest BCUT2D eigenvalue weighted by Crippen LogP contribution is -2.60. The summed E-state index contributed by atoms with van der Waals surface area (Å²) < 4.78 is 2.72. The van der Waals surface area contributed by atoms with E-state index in [2.05, 4.69) is 239 Å². The molecule has 4 heteroatoms. The van der Waals surface area contributed by atoms with E-state index in [4.69, 9.17) is 0 Å². The van der Waals surface area contributed by atoms with Gasteiger partial charge in [0.15, 0.2) is 0 Å². The largest absolute Gasteiger partial charge is 0.311 e. The van der Waals surface area contributed by atoms with Crippen LogP contribution >= 0.6 is 11.3 Å². The maximum absolute atomic E-state index is 2.60. The predicted octanol–water partition coefficient (Wildman–Crippen LogP) is 15.5. The molecule has 0 fully saturated rings. The highest BCUT2D eigenvalue weighted by Gasteiger charge is 2.52. The van der Waals surface area contributed by atoms with Crippen LogP contribution in [-0.4, -0.2) is 6.71 Å². The van der Waals surface area contributed by atoms with E-state index in [1.54, 1.807) is 0 Å². The predicted molar refractivity (Wildman–Crippen MR) is 290 cm³/mol. The van der Waals surface area contributed by atoms with Crippen LogP contribution in [0.3, 0.4) is 0 Å². The summed E-state index contributed by atoms with van der Waals surface area (Å²) in [5.41, 5.74) is 27.2. The molecule has 0 radical (unpaired) electrons. The summed E-state index contributed by atoms with van der Waals surface area (Å²) in [5.74, 6) is 0.777. The quantitative estimate of drug-likeness (QED) is 0.159. The lowest BCUT2D eigenvalue weighted by Gasteiger charge is -2.43. The summed E-state index contributed by atoms with van der Waals surface area (Å²) in [6.07, 6.45) is 0. The van der Waals surface area contributed by atoms with Crippen molar-refractivity contribution in [2.45, 2.75) is 51.9 Å². The molecule has 68 heavy (non-hydrogen) atoms. The van der Waals surface area contributed by atoms with Crippen LogP contribution in [0.1, 0.15) is 78.5 Å². The Balaban J connectivity index is 1.08. The molecular weight excluding hydrogens is 840 g/mol. The second-order valence-corrected chi connectivity index (χ2v) is 21.1. The van der Waals surface area contributed by atoms with E-state index in [0.29, 0.717) is 11.8 Å². The van der Waals surface area contributed by atoms with Crippen LogP contribution in [0.2, 0.25) is 0 Å². The summed E-state index contributed by atoms with van der Waals surface area (Å²) in [4.78, 5) is 5.15. The topological polar surface area (TPSA) is 6.48 Å². The number of para-hydroxylation sites is 1. The molecule has 1 spiro atoms. The Hall–Kier alpha value is -7.40. The first-order valence-corrected chi connectivity index (χ1v) is 25.2. The van der Waals surface area contributed by atoms with Crippen molar-refractivity contribution < 1.29 is 0 Å². The second kappa shape index (κ2) is 14.6. The Morgan fingerprint density at radius 3 is 1.66 bits per heavy atom. The van der Waals surface area contributed by atoms with Crippen LogP contribution in [-0.2, 0) is 5.41 Å². The normalized spacial score (nSPS) is 14.2. The molecule has 0 saturated carbocycles. The van der Waals surface area contributed by atoms with Crippen LogP contribution in [0, 0.1) is 6.92 Å². The molecule has 4 aliphatic rings. The summed E-state index contributed by atoms with van der Waals surface area (Å²) in [7, 11) is 0. The Labute approximate surface area is 403 Å². The van der Waals surface area contributed by atoms with Gasteiger partial charge in [0.2, 0.25) is 0 Å². The summed E-state index contributed by atoms with van der Waals surface area (Å²) >= 11 is 2.00. The molecule has 14 rings (SSSR count). The number of hydrogen-bond acceptors (Lipinski definition) is 3. The van der Waals surface area contributed by atoms with E-state index in [1.807, 2.05) is 11.3 Å². The minimum atomic E-state index is -0.407. The van der Waals surface area contributed by atoms with Gasteiger partial charge in [0.05, 0.1) is 11.1 Å². The van der Waals surface area contributed by atoms with Crippen molar-refractivity contribution in [3.8, 4) is 33.4 Å². The van der Waals surface area contributed by atoms with Gasteiger partial charge in [-0.3, -0.25) is 0 Å². The number of anilines is 6. The molecule has 0 atom stereocenters. The van der Waals surface area contributed by atoms with Gasteiger partial charge in [-0.1, -0.05) is 173 Å². The molecule has 1 aromatic heterocycles. The first-order chi connectivity index (χ1) is 33.3. The van der Waals surface area contributed by atoms with Gasteiger partial charge >= 0.3 is 0 Å². The number of aryl methyl sites for hydroxylation is 1. The number of hydrogen-bond donors (Lipinski definition) is 0. The third-order valence-electron chi connectivity index (χ3n) is 15.7. The lowest BCUT2D eigenvalue weighted by molar-refractivity contribution is 0.795. The summed E-state index contributed by atoms with van der Waals surface area (Å²) in [6, 6.07) is 74.4. The first kappa shape index (κ1) is 39.7. The van der Waals surface area contributed by atoms with E-state index in [-0.39, 0.29) is 6.71 Å². The van der Waals surface area contributed by atoms with E-state index in [0.717, 1.165) is 0 Å². The highest BCUT2D eigenvalue weighted by Crippen LogP contribution is 2.64. The third-order valence-corrected chi connectivity index (χ3v) is 16.9. The van der Waals surface area contributed by atoms with Crippen molar-refractivity contribution in [2.24, 2.45) is 0 Å². The minimum Gasteiger partial charge on any atom is -0.311 e. The Bertz CT molecular complexity index is 3660. The molecule has 10 aromatic rings. The van der Waals surface area contributed by atoms with Crippen LogP contribution in [0.15, 0.2) is 194 Å². The molecule has 0 unspecified atom stereocenters. The number of fused-ring (bicyclic) bond motifs is 16. The maximum atomic E-state index is 2.60. The smallest absolute Gasteiger partial charge is 0.264 e. The molecule has 0 bridgehead atoms. The monoisotopic (exact) mass is 888 g/mol. The van der Waals surface area contributed by atoms with Crippen molar-refractivity contribution in [3.63, 3.8) is 0 Å². The molecule has 2 aliphatic carbocycles. The summed E-state index contributed by atoms with van der Waals surface area (Å²) in [6.45, 7) is 11.5. The number of benzene rings is 9. The van der Waals surface area contributed by atoms with Gasteiger partial charge < -0.3 is 9.80 Å². The maximum Gasteiger partial charge on any atom is 0.264 e. The number of rotatable bonds is 5. The van der Waals surface area contributed by atoms with Crippen LogP contribution < -0.4 is 25.5 Å². The molecule has 9 aromatic carbocycles. The number of thiophene rings is 1. The van der Waals surface area contributed by atoms with Gasteiger partial charge in [0.25, 0.3) is 6.71 Å². The Kier molecular flexibility index (Phi) is 8.51. The van der Waals surface area contributed by atoms with E-state index in [1.165, 1.54) is 132 Å².